The van der Waals surface area contributed by atoms with Crippen molar-refractivity contribution < 1.29 is 4.52 Å². The average Bonchev–Trinajstić information content (AvgIpc) is 3.45. The number of hydrogen-bond donors (Lipinski definition) is 0. The summed E-state index contributed by atoms with van der Waals surface area (Å²) in [5.74, 6) is 1.12. The van der Waals surface area contributed by atoms with Crippen molar-refractivity contribution in [2.24, 2.45) is 0 Å². The second kappa shape index (κ2) is 8.94. The fourth-order valence-electron chi connectivity index (χ4n) is 4.67. The zero-order chi connectivity index (χ0) is 22.9. The molecule has 0 saturated carbocycles. The number of benzene rings is 1. The molecule has 1 atom stereocenters. The predicted molar refractivity (Wildman–Crippen MR) is 126 cm³/mol. The molecule has 8 heteroatoms. The second-order valence-electron chi connectivity index (χ2n) is 9.02. The van der Waals surface area contributed by atoms with Gasteiger partial charge in [-0.15, -0.1) is 0 Å². The van der Waals surface area contributed by atoms with Crippen LogP contribution in [-0.4, -0.2) is 41.8 Å². The smallest absolute Gasteiger partial charge is 0.277 e. The molecule has 33 heavy (non-hydrogen) atoms. The van der Waals surface area contributed by atoms with Crippen LogP contribution < -0.4 is 5.56 Å². The quantitative estimate of drug-likeness (QED) is 0.446. The summed E-state index contributed by atoms with van der Waals surface area (Å²) in [5, 5.41) is 8.72. The van der Waals surface area contributed by atoms with Gasteiger partial charge in [-0.3, -0.25) is 9.69 Å². The molecule has 0 unspecified atom stereocenters. The Hall–Kier alpha value is -3.26. The van der Waals surface area contributed by atoms with Crippen LogP contribution in [0.1, 0.15) is 55.4 Å². The molecule has 5 rings (SSSR count). The SMILES string of the molecule is CC[C@H]1CCCCN1Cc1nc(Cn2ccn3nc(-c4ccc(C)c(C)c4)cc3c2=O)no1. The van der Waals surface area contributed by atoms with E-state index in [-0.39, 0.29) is 12.1 Å². The minimum Gasteiger partial charge on any atom is -0.338 e. The molecular formula is C25H30N6O2. The van der Waals surface area contributed by atoms with E-state index in [0.29, 0.717) is 29.8 Å². The first-order valence-corrected chi connectivity index (χ1v) is 11.7. The first-order chi connectivity index (χ1) is 16.0. The second-order valence-corrected chi connectivity index (χ2v) is 9.02. The van der Waals surface area contributed by atoms with E-state index in [0.717, 1.165) is 24.2 Å². The maximum absolute atomic E-state index is 13.1. The van der Waals surface area contributed by atoms with Crippen molar-refractivity contribution in [1.82, 2.24) is 29.2 Å². The number of rotatable bonds is 6. The van der Waals surface area contributed by atoms with Gasteiger partial charge in [0.25, 0.3) is 5.56 Å². The molecule has 0 radical (unpaired) electrons. The van der Waals surface area contributed by atoms with E-state index in [2.05, 4.69) is 53.0 Å². The minimum atomic E-state index is -0.131. The third-order valence-electron chi connectivity index (χ3n) is 6.79. The summed E-state index contributed by atoms with van der Waals surface area (Å²) in [4.78, 5) is 20.1. The summed E-state index contributed by atoms with van der Waals surface area (Å²) in [6.45, 7) is 8.39. The molecule has 4 heterocycles. The molecular weight excluding hydrogens is 416 g/mol. The van der Waals surface area contributed by atoms with Gasteiger partial charge in [-0.25, -0.2) is 4.52 Å². The number of nitrogens with zero attached hydrogens (tertiary/aromatic N) is 6. The number of hydrogen-bond acceptors (Lipinski definition) is 6. The van der Waals surface area contributed by atoms with Crippen molar-refractivity contribution in [3.05, 3.63) is 69.9 Å². The predicted octanol–water partition coefficient (Wildman–Crippen LogP) is 3.98. The van der Waals surface area contributed by atoms with Crippen LogP contribution >= 0.6 is 0 Å². The molecule has 1 saturated heterocycles. The Morgan fingerprint density at radius 2 is 1.97 bits per heavy atom. The Bertz CT molecular complexity index is 1330. The Kier molecular flexibility index (Phi) is 5.85. The lowest BCUT2D eigenvalue weighted by Gasteiger charge is -2.33. The highest BCUT2D eigenvalue weighted by Crippen LogP contribution is 2.22. The highest BCUT2D eigenvalue weighted by Gasteiger charge is 2.23. The van der Waals surface area contributed by atoms with Gasteiger partial charge in [-0.05, 0) is 62.9 Å². The Labute approximate surface area is 192 Å². The lowest BCUT2D eigenvalue weighted by molar-refractivity contribution is 0.120. The number of aromatic nitrogens is 5. The Balaban J connectivity index is 1.36. The Morgan fingerprint density at radius 3 is 2.79 bits per heavy atom. The molecule has 172 valence electrons. The Morgan fingerprint density at radius 1 is 1.09 bits per heavy atom. The molecule has 4 aromatic rings. The third-order valence-corrected chi connectivity index (χ3v) is 6.79. The standard InChI is InChI=1S/C25H30N6O2/c1-4-20-7-5-6-10-29(20)16-24-26-23(28-33-24)15-30-11-12-31-22(25(30)32)14-21(27-31)19-9-8-17(2)18(3)13-19/h8-9,11-14,20H,4-7,10,15-16H2,1-3H3/t20-/m0/s1. The van der Waals surface area contributed by atoms with Gasteiger partial charge in [-0.2, -0.15) is 10.1 Å². The summed E-state index contributed by atoms with van der Waals surface area (Å²) < 4.78 is 8.74. The molecule has 0 bridgehead atoms. The summed E-state index contributed by atoms with van der Waals surface area (Å²) in [6.07, 6.45) is 8.37. The zero-order valence-electron chi connectivity index (χ0n) is 19.5. The van der Waals surface area contributed by atoms with Crippen LogP contribution in [0.15, 0.2) is 46.0 Å². The van der Waals surface area contributed by atoms with E-state index in [1.807, 2.05) is 12.1 Å². The lowest BCUT2D eigenvalue weighted by Crippen LogP contribution is -2.38. The topological polar surface area (TPSA) is 81.5 Å². The van der Waals surface area contributed by atoms with E-state index in [1.54, 1.807) is 21.5 Å². The molecule has 1 aliphatic heterocycles. The van der Waals surface area contributed by atoms with Gasteiger partial charge in [0.1, 0.15) is 5.52 Å². The van der Waals surface area contributed by atoms with Gasteiger partial charge >= 0.3 is 0 Å². The van der Waals surface area contributed by atoms with Crippen molar-refractivity contribution in [2.75, 3.05) is 6.54 Å². The first-order valence-electron chi connectivity index (χ1n) is 11.7. The molecule has 3 aromatic heterocycles. The van der Waals surface area contributed by atoms with Gasteiger partial charge < -0.3 is 9.09 Å². The van der Waals surface area contributed by atoms with Gasteiger partial charge in [0, 0.05) is 24.0 Å². The highest BCUT2D eigenvalue weighted by atomic mass is 16.5. The maximum atomic E-state index is 13.1. The van der Waals surface area contributed by atoms with E-state index in [4.69, 9.17) is 4.52 Å². The van der Waals surface area contributed by atoms with Gasteiger partial charge in [0.2, 0.25) is 5.89 Å². The monoisotopic (exact) mass is 446 g/mol. The van der Waals surface area contributed by atoms with Crippen molar-refractivity contribution in [3.63, 3.8) is 0 Å². The summed E-state index contributed by atoms with van der Waals surface area (Å²) >= 11 is 0. The highest BCUT2D eigenvalue weighted by molar-refractivity contribution is 5.66. The van der Waals surface area contributed by atoms with Crippen LogP contribution in [0.25, 0.3) is 16.8 Å². The number of piperidine rings is 1. The molecule has 0 amide bonds. The summed E-state index contributed by atoms with van der Waals surface area (Å²) in [5.41, 5.74) is 4.60. The van der Waals surface area contributed by atoms with Crippen LogP contribution in [0.5, 0.6) is 0 Å². The van der Waals surface area contributed by atoms with E-state index in [1.165, 1.54) is 30.4 Å². The zero-order valence-corrected chi connectivity index (χ0v) is 19.5. The van der Waals surface area contributed by atoms with Crippen LogP contribution in [-0.2, 0) is 13.1 Å². The van der Waals surface area contributed by atoms with Crippen LogP contribution in [0.4, 0.5) is 0 Å². The van der Waals surface area contributed by atoms with E-state index >= 15 is 0 Å². The third kappa shape index (κ3) is 4.35. The average molecular weight is 447 g/mol. The lowest BCUT2D eigenvalue weighted by atomic mass is 10.0. The van der Waals surface area contributed by atoms with Gasteiger partial charge in [-0.1, -0.05) is 30.6 Å². The largest absolute Gasteiger partial charge is 0.338 e. The number of aryl methyl sites for hydroxylation is 2. The van der Waals surface area contributed by atoms with Crippen LogP contribution in [0.2, 0.25) is 0 Å². The minimum absolute atomic E-state index is 0.131. The molecule has 1 aliphatic rings. The van der Waals surface area contributed by atoms with Gasteiger partial charge in [0.05, 0.1) is 18.8 Å². The van der Waals surface area contributed by atoms with Crippen molar-refractivity contribution >= 4 is 5.52 Å². The molecule has 1 fully saturated rings. The fraction of sp³-hybridized carbons (Fsp3) is 0.440. The molecule has 0 aliphatic carbocycles. The summed E-state index contributed by atoms with van der Waals surface area (Å²) in [6, 6.07) is 8.63. The van der Waals surface area contributed by atoms with Gasteiger partial charge in [0.15, 0.2) is 5.82 Å². The number of likely N-dealkylation sites (tertiary alicyclic amines) is 1. The van der Waals surface area contributed by atoms with Crippen molar-refractivity contribution in [1.29, 1.82) is 0 Å². The first kappa shape index (κ1) is 21.6. The van der Waals surface area contributed by atoms with E-state index < -0.39 is 0 Å². The van der Waals surface area contributed by atoms with Crippen molar-refractivity contribution in [2.45, 2.75) is 65.6 Å². The number of fused-ring (bicyclic) bond motifs is 1. The molecule has 1 aromatic carbocycles. The van der Waals surface area contributed by atoms with Crippen molar-refractivity contribution in [3.8, 4) is 11.3 Å². The molecule has 0 N–H and O–H groups in total. The summed E-state index contributed by atoms with van der Waals surface area (Å²) in [7, 11) is 0. The van der Waals surface area contributed by atoms with E-state index in [9.17, 15) is 4.79 Å². The fourth-order valence-corrected chi connectivity index (χ4v) is 4.67. The van der Waals surface area contributed by atoms with Crippen LogP contribution in [0, 0.1) is 13.8 Å². The van der Waals surface area contributed by atoms with Crippen LogP contribution in [0.3, 0.4) is 0 Å². The normalized spacial score (nSPS) is 17.1. The molecule has 8 nitrogen and oxygen atoms in total. The molecule has 0 spiro atoms. The maximum Gasteiger partial charge on any atom is 0.277 e.